The van der Waals surface area contributed by atoms with Gasteiger partial charge in [-0.1, -0.05) is 62.3 Å². The first-order valence-corrected chi connectivity index (χ1v) is 24.5. The molecule has 8 nitrogen and oxygen atoms in total. The van der Waals surface area contributed by atoms with Gasteiger partial charge in [-0.2, -0.15) is 0 Å². The Kier molecular flexibility index (Phi) is 13.7. The number of aliphatic hydroxyl groups excluding tert-OH is 2. The number of carbonyl (C=O) groups is 1. The summed E-state index contributed by atoms with van der Waals surface area (Å²) < 4.78 is 20.9. The van der Waals surface area contributed by atoms with Crippen LogP contribution in [0.3, 0.4) is 0 Å². The molecule has 0 radical (unpaired) electrons. The van der Waals surface area contributed by atoms with Crippen LogP contribution in [-0.4, -0.2) is 85.4 Å². The quantitative estimate of drug-likeness (QED) is 0.135. The number of nitrogens with zero attached hydrogens (tertiary/aromatic N) is 1. The van der Waals surface area contributed by atoms with Crippen LogP contribution in [0.1, 0.15) is 79.1 Å². The first-order valence-electron chi connectivity index (χ1n) is 15.8. The van der Waals surface area contributed by atoms with Crippen molar-refractivity contribution < 1.29 is 28.3 Å². The maximum atomic E-state index is 13.6. The molecule has 1 rings (SSSR count). The molecule has 0 aliphatic rings. The summed E-state index contributed by atoms with van der Waals surface area (Å²) in [7, 11) is -6.96. The molecule has 1 amide bonds. The van der Waals surface area contributed by atoms with Crippen LogP contribution in [0.4, 0.5) is 0 Å². The third-order valence-corrected chi connectivity index (χ3v) is 22.6. The molecule has 0 fully saturated rings. The summed E-state index contributed by atoms with van der Waals surface area (Å²) in [5.41, 5.74) is 0.479. The minimum atomic E-state index is -2.32. The van der Waals surface area contributed by atoms with Crippen LogP contribution in [0.15, 0.2) is 12.1 Å². The van der Waals surface area contributed by atoms with Crippen molar-refractivity contribution in [2.75, 3.05) is 39.4 Å². The molecule has 43 heavy (non-hydrogen) atoms. The summed E-state index contributed by atoms with van der Waals surface area (Å²) in [5.74, 6) is 1.57. The van der Waals surface area contributed by atoms with E-state index < -0.39 is 25.0 Å². The van der Waals surface area contributed by atoms with E-state index in [1.54, 1.807) is 0 Å². The average molecular weight is 657 g/mol. The zero-order valence-corrected chi connectivity index (χ0v) is 33.1. The Morgan fingerprint density at radius 2 is 1.07 bits per heavy atom. The van der Waals surface area contributed by atoms with Crippen molar-refractivity contribution in [1.82, 2.24) is 10.2 Å². The molecule has 0 heterocycles. The van der Waals surface area contributed by atoms with E-state index in [9.17, 15) is 15.0 Å². The van der Waals surface area contributed by atoms with E-state index in [1.807, 2.05) is 17.0 Å². The third-order valence-electron chi connectivity index (χ3n) is 9.56. The van der Waals surface area contributed by atoms with Gasteiger partial charge in [-0.3, -0.25) is 9.69 Å². The molecule has 11 heteroatoms. The van der Waals surface area contributed by atoms with Crippen molar-refractivity contribution in [2.24, 2.45) is 0 Å². The van der Waals surface area contributed by atoms with Crippen LogP contribution in [0.25, 0.3) is 0 Å². The van der Waals surface area contributed by atoms with Crippen molar-refractivity contribution in [3.8, 4) is 17.2 Å². The van der Waals surface area contributed by atoms with Gasteiger partial charge < -0.3 is 28.8 Å². The van der Waals surface area contributed by atoms with Gasteiger partial charge in [0.15, 0.2) is 5.75 Å². The van der Waals surface area contributed by atoms with E-state index in [0.29, 0.717) is 55.4 Å². The molecule has 250 valence electrons. The van der Waals surface area contributed by atoms with Crippen LogP contribution >= 0.6 is 0 Å². The number of hydrogen-bond acceptors (Lipinski definition) is 7. The average Bonchev–Trinajstić information content (AvgIpc) is 2.81. The first-order chi connectivity index (χ1) is 19.3. The van der Waals surface area contributed by atoms with E-state index in [4.69, 9.17) is 13.3 Å². The van der Waals surface area contributed by atoms with E-state index in [0.717, 1.165) is 0 Å². The molecule has 0 aromatic heterocycles. The van der Waals surface area contributed by atoms with Crippen molar-refractivity contribution in [2.45, 2.75) is 123 Å². The smallest absolute Gasteiger partial charge is 0.251 e. The van der Waals surface area contributed by atoms with Gasteiger partial charge in [0.1, 0.15) is 11.5 Å². The number of nitrogens with one attached hydrogen (secondary N) is 1. The SMILES string of the molecule is CC(C)(C)[Si](C)(C)Oc1cc(C(=O)NCCCN(CCO)CCO)cc(O[Si](C)(C)C(C)(C)C)c1O[Si](C)(C)C(C)(C)C. The molecule has 3 N–H and O–H groups in total. The highest BCUT2D eigenvalue weighted by atomic mass is 28.4. The summed E-state index contributed by atoms with van der Waals surface area (Å²) in [6.07, 6.45) is 0.693. The van der Waals surface area contributed by atoms with Crippen LogP contribution in [-0.2, 0) is 0 Å². The fourth-order valence-electron chi connectivity index (χ4n) is 3.45. The molecule has 0 saturated carbocycles. The molecule has 0 aliphatic carbocycles. The third kappa shape index (κ3) is 11.2. The van der Waals surface area contributed by atoms with E-state index in [2.05, 4.69) is 107 Å². The molecule has 0 unspecified atom stereocenters. The molecule has 0 bridgehead atoms. The second-order valence-corrected chi connectivity index (χ2v) is 30.5. The fourth-order valence-corrected chi connectivity index (χ4v) is 6.48. The Morgan fingerprint density at radius 1 is 0.698 bits per heavy atom. The highest BCUT2D eigenvalue weighted by molar-refractivity contribution is 6.76. The fraction of sp³-hybridized carbons (Fsp3) is 0.781. The largest absolute Gasteiger partial charge is 0.541 e. The molecule has 1 aromatic rings. The number of amides is 1. The second-order valence-electron chi connectivity index (χ2n) is 16.3. The van der Waals surface area contributed by atoms with Crippen molar-refractivity contribution in [3.05, 3.63) is 17.7 Å². The van der Waals surface area contributed by atoms with E-state index in [1.165, 1.54) is 0 Å². The molecule has 0 saturated heterocycles. The molecule has 0 spiro atoms. The summed E-state index contributed by atoms with van der Waals surface area (Å²) in [5, 5.41) is 21.5. The van der Waals surface area contributed by atoms with Crippen molar-refractivity contribution >= 4 is 30.9 Å². The van der Waals surface area contributed by atoms with E-state index >= 15 is 0 Å². The van der Waals surface area contributed by atoms with Gasteiger partial charge in [0.05, 0.1) is 13.2 Å². The van der Waals surface area contributed by atoms with Crippen LogP contribution in [0.5, 0.6) is 17.2 Å². The Hall–Kier alpha value is -1.38. The molecular formula is C32H64N2O6Si3. The van der Waals surface area contributed by atoms with Gasteiger partial charge in [0, 0.05) is 25.2 Å². The number of carbonyl (C=O) groups excluding carboxylic acids is 1. The normalized spacial score (nSPS) is 13.7. The first kappa shape index (κ1) is 39.6. The van der Waals surface area contributed by atoms with Crippen LogP contribution < -0.4 is 18.6 Å². The summed E-state index contributed by atoms with van der Waals surface area (Å²) in [6.45, 7) is 35.3. The number of rotatable bonds is 15. The van der Waals surface area contributed by atoms with Gasteiger partial charge in [-0.15, -0.1) is 0 Å². The van der Waals surface area contributed by atoms with E-state index in [-0.39, 0.29) is 34.2 Å². The summed E-state index contributed by atoms with van der Waals surface area (Å²) >= 11 is 0. The Labute approximate surface area is 266 Å². The molecule has 1 aromatic carbocycles. The van der Waals surface area contributed by atoms with Gasteiger partial charge in [0.25, 0.3) is 30.9 Å². The molecule has 0 atom stereocenters. The summed E-state index contributed by atoms with van der Waals surface area (Å²) in [6, 6.07) is 3.67. The Morgan fingerprint density at radius 3 is 1.42 bits per heavy atom. The maximum Gasteiger partial charge on any atom is 0.251 e. The Balaban J connectivity index is 3.69. The van der Waals surface area contributed by atoms with Crippen molar-refractivity contribution in [1.29, 1.82) is 0 Å². The predicted molar refractivity (Wildman–Crippen MR) is 187 cm³/mol. The lowest BCUT2D eigenvalue weighted by atomic mass is 10.1. The van der Waals surface area contributed by atoms with Crippen molar-refractivity contribution in [3.63, 3.8) is 0 Å². The number of aliphatic hydroxyl groups is 2. The minimum absolute atomic E-state index is 0.0314. The predicted octanol–water partition coefficient (Wildman–Crippen LogP) is 7.25. The lowest BCUT2D eigenvalue weighted by Crippen LogP contribution is -2.47. The topological polar surface area (TPSA) is 100 Å². The number of benzene rings is 1. The van der Waals surface area contributed by atoms with Gasteiger partial charge in [-0.05, 0) is 79.5 Å². The maximum absolute atomic E-state index is 13.6. The highest BCUT2D eigenvalue weighted by Crippen LogP contribution is 2.49. The molecule has 0 aliphatic heterocycles. The standard InChI is InChI=1S/C32H64N2O6Si3/c1-30(2,3)41(10,11)38-26-23-25(29(37)33-17-16-18-34(19-21-35)20-22-36)24-27(39-42(12,13)31(4,5)6)28(26)40-43(14,15)32(7,8)9/h23-24,35-36H,16-22H2,1-15H3,(H,33,37). The summed E-state index contributed by atoms with van der Waals surface area (Å²) in [4.78, 5) is 15.6. The zero-order valence-electron chi connectivity index (χ0n) is 30.1. The van der Waals surface area contributed by atoms with Gasteiger partial charge in [-0.25, -0.2) is 0 Å². The lowest BCUT2D eigenvalue weighted by molar-refractivity contribution is 0.0949. The monoisotopic (exact) mass is 656 g/mol. The van der Waals surface area contributed by atoms with Crippen LogP contribution in [0.2, 0.25) is 54.4 Å². The minimum Gasteiger partial charge on any atom is -0.541 e. The highest BCUT2D eigenvalue weighted by Gasteiger charge is 2.45. The Bertz CT molecular complexity index is 1000. The number of hydrogen-bond donors (Lipinski definition) is 3. The second kappa shape index (κ2) is 14.8. The lowest BCUT2D eigenvalue weighted by Gasteiger charge is -2.42. The molecular weight excluding hydrogens is 593 g/mol. The van der Waals surface area contributed by atoms with Gasteiger partial charge in [0.2, 0.25) is 0 Å². The zero-order chi connectivity index (χ0) is 33.7. The van der Waals surface area contributed by atoms with Gasteiger partial charge >= 0.3 is 0 Å². The van der Waals surface area contributed by atoms with Crippen LogP contribution in [0, 0.1) is 0 Å².